The predicted molar refractivity (Wildman–Crippen MR) is 79.0 cm³/mol. The summed E-state index contributed by atoms with van der Waals surface area (Å²) in [7, 11) is 0. The third kappa shape index (κ3) is 4.32. The standard InChI is InChI=1S/C14H18F2S2/c1-5-11-7-8-12(18-9-14(4,15)16)13(10(11)3)17-6-2/h5,7-8H,1,6,9H2,2-4H3. The number of alkyl halides is 2. The lowest BCUT2D eigenvalue weighted by Gasteiger charge is -2.15. The van der Waals surface area contributed by atoms with Gasteiger partial charge in [0.2, 0.25) is 0 Å². The number of hydrogen-bond acceptors (Lipinski definition) is 2. The number of rotatable bonds is 6. The Labute approximate surface area is 116 Å². The summed E-state index contributed by atoms with van der Waals surface area (Å²) in [5.41, 5.74) is 2.19. The molecule has 0 spiro atoms. The quantitative estimate of drug-likeness (QED) is 0.634. The summed E-state index contributed by atoms with van der Waals surface area (Å²) in [5.74, 6) is -1.89. The fourth-order valence-electron chi connectivity index (χ4n) is 1.55. The van der Waals surface area contributed by atoms with Crippen molar-refractivity contribution in [1.29, 1.82) is 0 Å². The van der Waals surface area contributed by atoms with E-state index in [9.17, 15) is 8.78 Å². The SMILES string of the molecule is C=Cc1ccc(SCC(C)(F)F)c(SCC)c1C. The van der Waals surface area contributed by atoms with Gasteiger partial charge in [0.25, 0.3) is 5.92 Å². The van der Waals surface area contributed by atoms with Crippen molar-refractivity contribution in [2.45, 2.75) is 36.5 Å². The summed E-state index contributed by atoms with van der Waals surface area (Å²) in [6.07, 6.45) is 1.80. The van der Waals surface area contributed by atoms with Crippen molar-refractivity contribution in [3.63, 3.8) is 0 Å². The Morgan fingerprint density at radius 1 is 1.33 bits per heavy atom. The van der Waals surface area contributed by atoms with Crippen LogP contribution >= 0.6 is 23.5 Å². The zero-order valence-corrected chi connectivity index (χ0v) is 12.6. The zero-order valence-electron chi connectivity index (χ0n) is 10.9. The fourth-order valence-corrected chi connectivity index (χ4v) is 3.59. The van der Waals surface area contributed by atoms with Crippen LogP contribution < -0.4 is 0 Å². The van der Waals surface area contributed by atoms with Gasteiger partial charge in [-0.25, -0.2) is 8.78 Å². The zero-order chi connectivity index (χ0) is 13.8. The normalized spacial score (nSPS) is 11.6. The van der Waals surface area contributed by atoms with Crippen LogP contribution in [0.4, 0.5) is 8.78 Å². The average molecular weight is 288 g/mol. The van der Waals surface area contributed by atoms with Crippen molar-refractivity contribution in [1.82, 2.24) is 0 Å². The second-order valence-corrected chi connectivity index (χ2v) is 6.39. The van der Waals surface area contributed by atoms with E-state index in [1.165, 1.54) is 11.8 Å². The second-order valence-electron chi connectivity index (χ2n) is 4.10. The van der Waals surface area contributed by atoms with E-state index in [0.29, 0.717) is 0 Å². The van der Waals surface area contributed by atoms with E-state index in [0.717, 1.165) is 33.6 Å². The average Bonchev–Trinajstić information content (AvgIpc) is 2.29. The first-order valence-electron chi connectivity index (χ1n) is 5.78. The summed E-state index contributed by atoms with van der Waals surface area (Å²) in [6, 6.07) is 3.86. The maximum atomic E-state index is 12.9. The smallest absolute Gasteiger partial charge is 0.206 e. The minimum atomic E-state index is -2.64. The van der Waals surface area contributed by atoms with E-state index in [1.807, 2.05) is 19.1 Å². The highest BCUT2D eigenvalue weighted by atomic mass is 32.2. The number of thioether (sulfide) groups is 2. The Balaban J connectivity index is 3.03. The van der Waals surface area contributed by atoms with E-state index in [4.69, 9.17) is 0 Å². The molecule has 0 saturated carbocycles. The monoisotopic (exact) mass is 288 g/mol. The Hall–Kier alpha value is -0.480. The van der Waals surface area contributed by atoms with Crippen LogP contribution in [0.5, 0.6) is 0 Å². The molecule has 0 aliphatic heterocycles. The summed E-state index contributed by atoms with van der Waals surface area (Å²) in [5, 5.41) is 0. The van der Waals surface area contributed by atoms with Gasteiger partial charge >= 0.3 is 0 Å². The highest BCUT2D eigenvalue weighted by Gasteiger charge is 2.22. The number of halogens is 2. The lowest BCUT2D eigenvalue weighted by atomic mass is 10.1. The molecule has 0 nitrogen and oxygen atoms in total. The van der Waals surface area contributed by atoms with Crippen molar-refractivity contribution in [2.24, 2.45) is 0 Å². The maximum Gasteiger partial charge on any atom is 0.254 e. The second kappa shape index (κ2) is 6.62. The molecule has 0 unspecified atom stereocenters. The minimum Gasteiger partial charge on any atom is -0.206 e. The van der Waals surface area contributed by atoms with Gasteiger partial charge in [-0.1, -0.05) is 25.6 Å². The lowest BCUT2D eigenvalue weighted by Crippen LogP contribution is -2.12. The Morgan fingerprint density at radius 3 is 2.50 bits per heavy atom. The molecule has 0 bridgehead atoms. The van der Waals surface area contributed by atoms with Crippen LogP contribution in [0.1, 0.15) is 25.0 Å². The summed E-state index contributed by atoms with van der Waals surface area (Å²) in [4.78, 5) is 2.04. The first-order valence-corrected chi connectivity index (χ1v) is 7.75. The van der Waals surface area contributed by atoms with Crippen molar-refractivity contribution in [3.05, 3.63) is 29.8 Å². The molecular weight excluding hydrogens is 270 g/mol. The molecule has 1 rings (SSSR count). The van der Waals surface area contributed by atoms with Crippen LogP contribution in [0.15, 0.2) is 28.5 Å². The van der Waals surface area contributed by atoms with E-state index < -0.39 is 5.92 Å². The van der Waals surface area contributed by atoms with Crippen LogP contribution in [0, 0.1) is 6.92 Å². The minimum absolute atomic E-state index is 0.183. The summed E-state index contributed by atoms with van der Waals surface area (Å²) < 4.78 is 25.9. The van der Waals surface area contributed by atoms with Crippen LogP contribution in [0.2, 0.25) is 0 Å². The molecule has 18 heavy (non-hydrogen) atoms. The van der Waals surface area contributed by atoms with Gasteiger partial charge in [-0.05, 0) is 29.9 Å². The molecule has 1 aromatic rings. The topological polar surface area (TPSA) is 0 Å². The molecule has 0 saturated heterocycles. The highest BCUT2D eigenvalue weighted by molar-refractivity contribution is 8.02. The van der Waals surface area contributed by atoms with Gasteiger partial charge < -0.3 is 0 Å². The molecule has 0 amide bonds. The fraction of sp³-hybridized carbons (Fsp3) is 0.429. The molecule has 0 heterocycles. The Morgan fingerprint density at radius 2 is 2.00 bits per heavy atom. The van der Waals surface area contributed by atoms with Gasteiger partial charge in [0.1, 0.15) is 0 Å². The lowest BCUT2D eigenvalue weighted by molar-refractivity contribution is 0.0492. The van der Waals surface area contributed by atoms with Crippen molar-refractivity contribution in [3.8, 4) is 0 Å². The van der Waals surface area contributed by atoms with Crippen molar-refractivity contribution >= 4 is 29.6 Å². The van der Waals surface area contributed by atoms with E-state index in [1.54, 1.807) is 17.8 Å². The molecule has 0 atom stereocenters. The van der Waals surface area contributed by atoms with Crippen LogP contribution in [-0.4, -0.2) is 17.4 Å². The maximum absolute atomic E-state index is 12.9. The predicted octanol–water partition coefficient (Wildman–Crippen LogP) is 5.50. The van der Waals surface area contributed by atoms with Gasteiger partial charge in [-0.15, -0.1) is 23.5 Å². The highest BCUT2D eigenvalue weighted by Crippen LogP contribution is 2.37. The van der Waals surface area contributed by atoms with E-state index >= 15 is 0 Å². The summed E-state index contributed by atoms with van der Waals surface area (Å²) in [6.45, 7) is 8.81. The van der Waals surface area contributed by atoms with E-state index in [-0.39, 0.29) is 5.75 Å². The van der Waals surface area contributed by atoms with Crippen molar-refractivity contribution < 1.29 is 8.78 Å². The molecule has 0 N–H and O–H groups in total. The Kier molecular flexibility index (Phi) is 5.73. The van der Waals surface area contributed by atoms with Gasteiger partial charge in [0.05, 0.1) is 5.75 Å². The first kappa shape index (κ1) is 15.6. The van der Waals surface area contributed by atoms with E-state index in [2.05, 4.69) is 13.5 Å². The van der Waals surface area contributed by atoms with Crippen LogP contribution in [0.25, 0.3) is 6.08 Å². The molecule has 0 aliphatic rings. The number of benzene rings is 1. The molecule has 0 aliphatic carbocycles. The molecular formula is C14H18F2S2. The molecule has 1 aromatic carbocycles. The third-order valence-electron chi connectivity index (χ3n) is 2.40. The molecule has 0 radical (unpaired) electrons. The van der Waals surface area contributed by atoms with Crippen LogP contribution in [0.3, 0.4) is 0 Å². The van der Waals surface area contributed by atoms with Gasteiger partial charge in [0, 0.05) is 16.7 Å². The molecule has 4 heteroatoms. The largest absolute Gasteiger partial charge is 0.254 e. The van der Waals surface area contributed by atoms with Gasteiger partial charge in [0.15, 0.2) is 0 Å². The van der Waals surface area contributed by atoms with Crippen molar-refractivity contribution in [2.75, 3.05) is 11.5 Å². The summed E-state index contributed by atoms with van der Waals surface area (Å²) >= 11 is 2.92. The van der Waals surface area contributed by atoms with Gasteiger partial charge in [-0.3, -0.25) is 0 Å². The van der Waals surface area contributed by atoms with Gasteiger partial charge in [-0.2, -0.15) is 0 Å². The molecule has 0 aromatic heterocycles. The first-order chi connectivity index (χ1) is 8.39. The molecule has 0 fully saturated rings. The third-order valence-corrected chi connectivity index (χ3v) is 4.94. The Bertz CT molecular complexity index is 423. The van der Waals surface area contributed by atoms with Crippen LogP contribution in [-0.2, 0) is 0 Å². The number of hydrogen-bond donors (Lipinski definition) is 0. The molecule has 100 valence electrons.